The van der Waals surface area contributed by atoms with Crippen LogP contribution >= 0.6 is 0 Å². The van der Waals surface area contributed by atoms with Gasteiger partial charge in [-0.1, -0.05) is 69.4 Å². The number of hydrogen-bond donors (Lipinski definition) is 0. The van der Waals surface area contributed by atoms with Gasteiger partial charge in [0.05, 0.1) is 11.5 Å². The topological polar surface area (TPSA) is 29.5 Å². The van der Waals surface area contributed by atoms with E-state index in [1.807, 2.05) is 30.3 Å². The van der Waals surface area contributed by atoms with Crippen molar-refractivity contribution in [1.29, 1.82) is 0 Å². The van der Waals surface area contributed by atoms with Gasteiger partial charge in [0.2, 0.25) is 0 Å². The van der Waals surface area contributed by atoms with E-state index in [-0.39, 0.29) is 17.4 Å². The zero-order valence-corrected chi connectivity index (χ0v) is 13.6. The molecule has 0 aromatic heterocycles. The Balaban J connectivity index is 1.65. The third-order valence-corrected chi connectivity index (χ3v) is 5.39. The monoisotopic (exact) mass is 301 g/mol. The number of hydroxylamine groups is 2. The quantitative estimate of drug-likeness (QED) is 0.768. The molecule has 1 saturated carbocycles. The molecule has 1 aromatic rings. The highest BCUT2D eigenvalue weighted by Crippen LogP contribution is 2.50. The number of benzene rings is 1. The summed E-state index contributed by atoms with van der Waals surface area (Å²) in [7, 11) is 0. The second-order valence-corrected chi connectivity index (χ2v) is 6.74. The Kier molecular flexibility index (Phi) is 4.82. The van der Waals surface area contributed by atoms with Gasteiger partial charge in [-0.25, -0.2) is 5.06 Å². The predicted octanol–water partition coefficient (Wildman–Crippen LogP) is 4.47. The summed E-state index contributed by atoms with van der Waals surface area (Å²) >= 11 is 0. The van der Waals surface area contributed by atoms with E-state index < -0.39 is 0 Å². The molecule has 1 aromatic carbocycles. The number of β-lactam (4-membered cyclic amide) rings is 1. The molecular formula is C19H27NO2. The molecule has 1 aliphatic carbocycles. The van der Waals surface area contributed by atoms with Gasteiger partial charge in [0.1, 0.15) is 6.61 Å². The van der Waals surface area contributed by atoms with Gasteiger partial charge in [-0.15, -0.1) is 0 Å². The van der Waals surface area contributed by atoms with Crippen LogP contribution in [0.1, 0.15) is 63.9 Å². The highest BCUT2D eigenvalue weighted by molar-refractivity contribution is 5.89. The van der Waals surface area contributed by atoms with Gasteiger partial charge in [0.15, 0.2) is 0 Å². The van der Waals surface area contributed by atoms with Gasteiger partial charge in [0, 0.05) is 0 Å². The molecule has 1 saturated heterocycles. The molecule has 0 radical (unpaired) electrons. The summed E-state index contributed by atoms with van der Waals surface area (Å²) in [6.45, 7) is 2.66. The van der Waals surface area contributed by atoms with E-state index in [2.05, 4.69) is 6.92 Å². The predicted molar refractivity (Wildman–Crippen MR) is 86.9 cm³/mol. The second-order valence-electron chi connectivity index (χ2n) is 6.74. The van der Waals surface area contributed by atoms with Crippen LogP contribution in [0.3, 0.4) is 0 Å². The van der Waals surface area contributed by atoms with Crippen molar-refractivity contribution in [3.05, 3.63) is 35.9 Å². The molecule has 120 valence electrons. The van der Waals surface area contributed by atoms with Crippen molar-refractivity contribution >= 4 is 5.91 Å². The molecular weight excluding hydrogens is 274 g/mol. The van der Waals surface area contributed by atoms with Crippen molar-refractivity contribution in [2.24, 2.45) is 5.41 Å². The van der Waals surface area contributed by atoms with Gasteiger partial charge in [-0.3, -0.25) is 9.63 Å². The molecule has 1 amide bonds. The average Bonchev–Trinajstić information content (AvgIpc) is 2.52. The molecule has 1 aliphatic heterocycles. The maximum absolute atomic E-state index is 12.8. The van der Waals surface area contributed by atoms with Crippen molar-refractivity contribution in [2.75, 3.05) is 0 Å². The minimum atomic E-state index is -0.119. The Morgan fingerprint density at radius 2 is 1.73 bits per heavy atom. The Bertz CT molecular complexity index is 491. The zero-order chi connectivity index (χ0) is 15.4. The Morgan fingerprint density at radius 1 is 1.09 bits per heavy atom. The molecule has 3 heteroatoms. The van der Waals surface area contributed by atoms with Crippen LogP contribution in [0, 0.1) is 5.41 Å². The van der Waals surface area contributed by atoms with E-state index in [4.69, 9.17) is 4.84 Å². The van der Waals surface area contributed by atoms with Crippen LogP contribution in [0.5, 0.6) is 0 Å². The third-order valence-electron chi connectivity index (χ3n) is 5.39. The fourth-order valence-electron chi connectivity index (χ4n) is 4.17. The zero-order valence-electron chi connectivity index (χ0n) is 13.6. The summed E-state index contributed by atoms with van der Waals surface area (Å²) in [5.74, 6) is 0.234. The first-order valence-electron chi connectivity index (χ1n) is 8.78. The van der Waals surface area contributed by atoms with Crippen LogP contribution in [-0.2, 0) is 16.2 Å². The lowest BCUT2D eigenvalue weighted by Gasteiger charge is -2.55. The molecule has 3 rings (SSSR count). The summed E-state index contributed by atoms with van der Waals surface area (Å²) in [6, 6.07) is 10.3. The standard InChI is InChI=1S/C19H27NO2/c1-2-17-19(13-9-4-3-5-10-14-19)18(21)20(17)22-15-16-11-7-6-8-12-16/h6-8,11-12,17H,2-5,9-10,13-15H2,1H3. The average molecular weight is 301 g/mol. The summed E-state index contributed by atoms with van der Waals surface area (Å²) in [5, 5.41) is 1.68. The number of amides is 1. The van der Waals surface area contributed by atoms with Crippen LogP contribution in [0.4, 0.5) is 0 Å². The Morgan fingerprint density at radius 3 is 2.36 bits per heavy atom. The summed E-state index contributed by atoms with van der Waals surface area (Å²) in [4.78, 5) is 18.7. The highest BCUT2D eigenvalue weighted by atomic mass is 16.7. The number of carbonyl (C=O) groups is 1. The fraction of sp³-hybridized carbons (Fsp3) is 0.632. The van der Waals surface area contributed by atoms with Crippen LogP contribution in [0.2, 0.25) is 0 Å². The van der Waals surface area contributed by atoms with Crippen LogP contribution in [0.25, 0.3) is 0 Å². The molecule has 2 aliphatic rings. The van der Waals surface area contributed by atoms with Crippen LogP contribution < -0.4 is 0 Å². The molecule has 1 spiro atoms. The molecule has 2 fully saturated rings. The van der Waals surface area contributed by atoms with Crippen molar-refractivity contribution in [3.63, 3.8) is 0 Å². The molecule has 1 atom stereocenters. The van der Waals surface area contributed by atoms with Crippen molar-refractivity contribution < 1.29 is 9.63 Å². The SMILES string of the molecule is CCC1N(OCc2ccccc2)C(=O)C12CCCCCCC2. The van der Waals surface area contributed by atoms with Gasteiger partial charge in [-0.05, 0) is 24.8 Å². The van der Waals surface area contributed by atoms with Crippen molar-refractivity contribution in [3.8, 4) is 0 Å². The molecule has 3 nitrogen and oxygen atoms in total. The van der Waals surface area contributed by atoms with E-state index in [1.165, 1.54) is 32.1 Å². The largest absolute Gasteiger partial charge is 0.272 e. The van der Waals surface area contributed by atoms with Gasteiger partial charge in [0.25, 0.3) is 5.91 Å². The minimum absolute atomic E-state index is 0.119. The highest BCUT2D eigenvalue weighted by Gasteiger charge is 2.59. The molecule has 1 heterocycles. The Labute approximate surface area is 133 Å². The molecule has 0 N–H and O–H groups in total. The minimum Gasteiger partial charge on any atom is -0.272 e. The smallest absolute Gasteiger partial charge is 0.254 e. The maximum Gasteiger partial charge on any atom is 0.254 e. The number of rotatable bonds is 4. The van der Waals surface area contributed by atoms with E-state index in [9.17, 15) is 4.79 Å². The van der Waals surface area contributed by atoms with E-state index >= 15 is 0 Å². The number of hydrogen-bond acceptors (Lipinski definition) is 2. The van der Waals surface area contributed by atoms with Gasteiger partial charge in [-0.2, -0.15) is 0 Å². The van der Waals surface area contributed by atoms with E-state index in [1.54, 1.807) is 5.06 Å². The van der Waals surface area contributed by atoms with E-state index in [0.29, 0.717) is 6.61 Å². The first kappa shape index (κ1) is 15.5. The number of carbonyl (C=O) groups excluding carboxylic acids is 1. The lowest BCUT2D eigenvalue weighted by molar-refractivity contribution is -0.273. The van der Waals surface area contributed by atoms with Gasteiger partial charge >= 0.3 is 0 Å². The van der Waals surface area contributed by atoms with Crippen LogP contribution in [0.15, 0.2) is 30.3 Å². The normalized spacial score (nSPS) is 24.7. The van der Waals surface area contributed by atoms with Crippen LogP contribution in [-0.4, -0.2) is 17.0 Å². The molecule has 0 bridgehead atoms. The lowest BCUT2D eigenvalue weighted by Crippen LogP contribution is -2.68. The van der Waals surface area contributed by atoms with Crippen molar-refractivity contribution in [2.45, 2.75) is 70.9 Å². The molecule has 22 heavy (non-hydrogen) atoms. The maximum atomic E-state index is 12.8. The summed E-state index contributed by atoms with van der Waals surface area (Å²) in [6.07, 6.45) is 9.34. The third kappa shape index (κ3) is 2.79. The lowest BCUT2D eigenvalue weighted by atomic mass is 9.64. The fourth-order valence-corrected chi connectivity index (χ4v) is 4.17. The van der Waals surface area contributed by atoms with Gasteiger partial charge < -0.3 is 0 Å². The Hall–Kier alpha value is -1.35. The molecule has 1 unspecified atom stereocenters. The first-order valence-corrected chi connectivity index (χ1v) is 8.78. The van der Waals surface area contributed by atoms with E-state index in [0.717, 1.165) is 24.8 Å². The second kappa shape index (κ2) is 6.82. The number of nitrogens with zero attached hydrogens (tertiary/aromatic N) is 1. The van der Waals surface area contributed by atoms with Crippen molar-refractivity contribution in [1.82, 2.24) is 5.06 Å². The summed E-state index contributed by atoms with van der Waals surface area (Å²) in [5.41, 5.74) is 0.995. The first-order chi connectivity index (χ1) is 10.8. The summed E-state index contributed by atoms with van der Waals surface area (Å²) < 4.78 is 0.